The molecule has 0 aliphatic carbocycles. The Morgan fingerprint density at radius 3 is 2.42 bits per heavy atom. The number of hydrogen-bond acceptors (Lipinski definition) is 5. The van der Waals surface area contributed by atoms with Gasteiger partial charge in [0.1, 0.15) is 0 Å². The number of amides is 1. The van der Waals surface area contributed by atoms with Crippen LogP contribution < -0.4 is 5.43 Å². The lowest BCUT2D eigenvalue weighted by atomic mass is 10.9. The molecule has 0 rings (SSSR count). The Hall–Kier alpha value is -1.46. The third-order valence-electron chi connectivity index (χ3n) is 0.863. The van der Waals surface area contributed by atoms with Crippen molar-refractivity contribution in [1.29, 1.82) is 0 Å². The average Bonchev–Trinajstić information content (AvgIpc) is 2.07. The van der Waals surface area contributed by atoms with Gasteiger partial charge in [0.2, 0.25) is 0 Å². The molecule has 1 amide bonds. The Bertz CT molecular complexity index is 163. The summed E-state index contributed by atoms with van der Waals surface area (Å²) in [6.07, 6.45) is -0.688. The summed E-state index contributed by atoms with van der Waals surface area (Å²) in [6, 6.07) is 0. The molecule has 6 nitrogen and oxygen atoms in total. The molecule has 0 aliphatic rings. The normalized spacial score (nSPS) is 8.25. The minimum absolute atomic E-state index is 0.0388. The van der Waals surface area contributed by atoms with Crippen LogP contribution in [0.15, 0.2) is 5.10 Å². The highest BCUT2D eigenvalue weighted by Crippen LogP contribution is 1.80. The molecule has 70 valence electrons. The molecule has 0 radical (unpaired) electrons. The van der Waals surface area contributed by atoms with Gasteiger partial charge in [-0.1, -0.05) is 5.10 Å². The fourth-order valence-corrected chi connectivity index (χ4v) is 0.429. The van der Waals surface area contributed by atoms with Crippen LogP contribution >= 0.6 is 0 Å². The monoisotopic (exact) mass is 176 g/mol. The molecule has 0 aromatic heterocycles. The van der Waals surface area contributed by atoms with Crippen LogP contribution in [-0.4, -0.2) is 33.0 Å². The van der Waals surface area contributed by atoms with E-state index in [4.69, 9.17) is 0 Å². The van der Waals surface area contributed by atoms with Crippen molar-refractivity contribution < 1.29 is 19.0 Å². The third-order valence-corrected chi connectivity index (χ3v) is 0.863. The summed E-state index contributed by atoms with van der Waals surface area (Å²) in [4.78, 5) is 10.6. The lowest BCUT2D eigenvalue weighted by Gasteiger charge is -2.02. The van der Waals surface area contributed by atoms with Crippen LogP contribution in [0.25, 0.3) is 0 Å². The zero-order chi connectivity index (χ0) is 9.40. The van der Waals surface area contributed by atoms with Crippen LogP contribution in [0.1, 0.15) is 6.92 Å². The molecular weight excluding hydrogens is 164 g/mol. The fourth-order valence-electron chi connectivity index (χ4n) is 0.429. The molecule has 0 bridgehead atoms. The first kappa shape index (κ1) is 10.5. The molecule has 0 aliphatic heterocycles. The number of methoxy groups -OCH3 is 2. The Kier molecular flexibility index (Phi) is 5.50. The second-order valence-electron chi connectivity index (χ2n) is 1.62. The van der Waals surface area contributed by atoms with Gasteiger partial charge in [-0.3, -0.25) is 0 Å². The summed E-state index contributed by atoms with van der Waals surface area (Å²) in [5.41, 5.74) is 2.06. The number of carbonyl (C=O) groups excluding carboxylic acids is 1. The summed E-state index contributed by atoms with van der Waals surface area (Å²) in [5, 5.41) is 3.43. The van der Waals surface area contributed by atoms with Crippen LogP contribution in [0.2, 0.25) is 0 Å². The molecule has 0 spiro atoms. The van der Waals surface area contributed by atoms with Gasteiger partial charge in [0.25, 0.3) is 0 Å². The van der Waals surface area contributed by atoms with Crippen molar-refractivity contribution in [3.05, 3.63) is 0 Å². The second kappa shape index (κ2) is 6.26. The van der Waals surface area contributed by atoms with E-state index in [2.05, 4.69) is 24.7 Å². The first-order valence-electron chi connectivity index (χ1n) is 3.33. The molecule has 0 saturated heterocycles. The minimum atomic E-state index is -0.649. The highest BCUT2D eigenvalue weighted by Gasteiger charge is 1.99. The quantitative estimate of drug-likeness (QED) is 0.373. The maximum absolute atomic E-state index is 10.6. The van der Waals surface area contributed by atoms with E-state index in [0.29, 0.717) is 0 Å². The van der Waals surface area contributed by atoms with Crippen LogP contribution in [-0.2, 0) is 14.2 Å². The van der Waals surface area contributed by atoms with Crippen LogP contribution in [0.4, 0.5) is 4.79 Å². The lowest BCUT2D eigenvalue weighted by molar-refractivity contribution is 0.150. The third kappa shape index (κ3) is 4.37. The molecule has 0 saturated carbocycles. The number of hydrazone groups is 1. The zero-order valence-electron chi connectivity index (χ0n) is 7.29. The molecule has 0 aromatic rings. The fraction of sp³-hybridized carbons (Fsp3) is 0.667. The van der Waals surface area contributed by atoms with Crippen LogP contribution in [0.5, 0.6) is 0 Å². The van der Waals surface area contributed by atoms with Crippen molar-refractivity contribution in [3.63, 3.8) is 0 Å². The van der Waals surface area contributed by atoms with Crippen LogP contribution in [0.3, 0.4) is 0 Å². The summed E-state index contributed by atoms with van der Waals surface area (Å²) < 4.78 is 13.7. The van der Waals surface area contributed by atoms with Gasteiger partial charge in [0.15, 0.2) is 0 Å². The van der Waals surface area contributed by atoms with Gasteiger partial charge in [0.05, 0.1) is 20.8 Å². The number of carbonyl (C=O) groups is 1. The number of nitrogens with one attached hydrogen (secondary N) is 1. The zero-order valence-corrected chi connectivity index (χ0v) is 7.29. The smallest absolute Gasteiger partial charge is 0.427 e. The van der Waals surface area contributed by atoms with Crippen molar-refractivity contribution in [2.24, 2.45) is 5.10 Å². The van der Waals surface area contributed by atoms with E-state index in [1.807, 2.05) is 0 Å². The first-order valence-corrected chi connectivity index (χ1v) is 3.33. The van der Waals surface area contributed by atoms with Crippen LogP contribution in [0, 0.1) is 0 Å². The predicted octanol–water partition coefficient (Wildman–Crippen LogP) is 0.296. The molecule has 1 N–H and O–H groups in total. The highest BCUT2D eigenvalue weighted by atomic mass is 16.7. The van der Waals surface area contributed by atoms with Gasteiger partial charge < -0.3 is 14.2 Å². The number of hydrogen-bond donors (Lipinski definition) is 1. The van der Waals surface area contributed by atoms with Crippen molar-refractivity contribution in [2.45, 2.75) is 6.92 Å². The van der Waals surface area contributed by atoms with Crippen molar-refractivity contribution in [3.8, 4) is 0 Å². The highest BCUT2D eigenvalue weighted by molar-refractivity contribution is 5.71. The summed E-state index contributed by atoms with van der Waals surface area (Å²) >= 11 is 0. The van der Waals surface area contributed by atoms with E-state index in [-0.39, 0.29) is 12.7 Å². The van der Waals surface area contributed by atoms with Gasteiger partial charge in [0, 0.05) is 0 Å². The van der Waals surface area contributed by atoms with Gasteiger partial charge >= 0.3 is 12.2 Å². The maximum Gasteiger partial charge on any atom is 0.427 e. The van der Waals surface area contributed by atoms with E-state index in [0.717, 1.165) is 0 Å². The Morgan fingerprint density at radius 1 is 1.42 bits per heavy atom. The van der Waals surface area contributed by atoms with E-state index in [1.165, 1.54) is 14.2 Å². The van der Waals surface area contributed by atoms with Gasteiger partial charge in [-0.25, -0.2) is 10.2 Å². The summed E-state index contributed by atoms with van der Waals surface area (Å²) in [6.45, 7) is 1.98. The largest absolute Gasteiger partial charge is 0.453 e. The molecule has 0 heterocycles. The number of nitrogens with zero attached hydrogens (tertiary/aromatic N) is 1. The molecule has 0 aromatic carbocycles. The lowest BCUT2D eigenvalue weighted by Crippen LogP contribution is -2.21. The number of rotatable bonds is 2. The van der Waals surface area contributed by atoms with Gasteiger partial charge in [-0.15, -0.1) is 0 Å². The maximum atomic E-state index is 10.6. The van der Waals surface area contributed by atoms with Gasteiger partial charge in [-0.05, 0) is 6.92 Å². The molecule has 6 heteroatoms. The Balaban J connectivity index is 3.76. The Morgan fingerprint density at radius 2 is 2.00 bits per heavy atom. The standard InChI is InChI=1S/C6H12N2O4/c1-4-12-5(9)7-8-6(10-2)11-3/h4H2,1-3H3,(H,7,9). The first-order chi connectivity index (χ1) is 5.74. The molecule has 0 fully saturated rings. The molecule has 12 heavy (non-hydrogen) atoms. The number of ether oxygens (including phenoxy) is 3. The topological polar surface area (TPSA) is 69.2 Å². The molecular formula is C6H12N2O4. The SMILES string of the molecule is CCOC(=O)NN=C(OC)OC. The van der Waals surface area contributed by atoms with Crippen molar-refractivity contribution >= 4 is 12.2 Å². The molecule has 0 atom stereocenters. The van der Waals surface area contributed by atoms with E-state index in [9.17, 15) is 4.79 Å². The minimum Gasteiger partial charge on any atom is -0.453 e. The Labute approximate surface area is 70.5 Å². The second-order valence-corrected chi connectivity index (χ2v) is 1.62. The van der Waals surface area contributed by atoms with E-state index in [1.54, 1.807) is 6.92 Å². The van der Waals surface area contributed by atoms with E-state index < -0.39 is 6.09 Å². The predicted molar refractivity (Wildman–Crippen MR) is 41.6 cm³/mol. The molecule has 0 unspecified atom stereocenters. The summed E-state index contributed by atoms with van der Waals surface area (Å²) in [5.74, 6) is 0. The van der Waals surface area contributed by atoms with Gasteiger partial charge in [-0.2, -0.15) is 0 Å². The van der Waals surface area contributed by atoms with Crippen molar-refractivity contribution in [1.82, 2.24) is 5.43 Å². The van der Waals surface area contributed by atoms with E-state index >= 15 is 0 Å². The van der Waals surface area contributed by atoms with Crippen molar-refractivity contribution in [2.75, 3.05) is 20.8 Å². The average molecular weight is 176 g/mol. The summed E-state index contributed by atoms with van der Waals surface area (Å²) in [7, 11) is 2.74.